The van der Waals surface area contributed by atoms with Crippen molar-refractivity contribution in [3.05, 3.63) is 29.8 Å². The van der Waals surface area contributed by atoms with Crippen molar-refractivity contribution in [1.29, 1.82) is 0 Å². The van der Waals surface area contributed by atoms with Crippen molar-refractivity contribution in [3.63, 3.8) is 0 Å². The van der Waals surface area contributed by atoms with Gasteiger partial charge in [0.15, 0.2) is 0 Å². The molecule has 0 spiro atoms. The second-order valence-electron chi connectivity index (χ2n) is 5.05. The van der Waals surface area contributed by atoms with Crippen LogP contribution in [-0.4, -0.2) is 15.2 Å². The van der Waals surface area contributed by atoms with Crippen molar-refractivity contribution in [1.82, 2.24) is 0 Å². The van der Waals surface area contributed by atoms with Gasteiger partial charge in [-0.05, 0) is 12.1 Å². The van der Waals surface area contributed by atoms with Gasteiger partial charge in [-0.3, -0.25) is 0 Å². The van der Waals surface area contributed by atoms with Crippen LogP contribution >= 0.6 is 0 Å². The minimum absolute atomic E-state index is 0.516. The van der Waals surface area contributed by atoms with Crippen LogP contribution in [0.5, 0.6) is 0 Å². The zero-order chi connectivity index (χ0) is 12.6. The highest BCUT2D eigenvalue weighted by Crippen LogP contribution is 2.19. The van der Waals surface area contributed by atoms with E-state index in [4.69, 9.17) is 6.42 Å². The zero-order valence-corrected chi connectivity index (χ0v) is 12.1. The highest BCUT2D eigenvalue weighted by atomic mass is 29.3. The number of benzene rings is 1. The first-order valence-electron chi connectivity index (χ1n) is 5.15. The molecule has 0 saturated heterocycles. The minimum atomic E-state index is -1.95. The van der Waals surface area contributed by atoms with E-state index in [-0.39, 0.29) is 0 Å². The van der Waals surface area contributed by atoms with Crippen LogP contribution in [0, 0.1) is 23.6 Å². The van der Waals surface area contributed by atoms with Crippen LogP contribution in [0.2, 0.25) is 26.2 Å². The highest BCUT2D eigenvalue weighted by Gasteiger charge is 2.41. The lowest BCUT2D eigenvalue weighted by Gasteiger charge is -2.34. The zero-order valence-electron chi connectivity index (χ0n) is 10.1. The van der Waals surface area contributed by atoms with Gasteiger partial charge in [0, 0.05) is 6.07 Å². The predicted molar refractivity (Wildman–Crippen MR) is 69.8 cm³/mol. The summed E-state index contributed by atoms with van der Waals surface area (Å²) in [7, 11) is -3.81. The van der Waals surface area contributed by atoms with E-state index in [1.807, 2.05) is 0 Å². The maximum atomic E-state index is 13.2. The van der Waals surface area contributed by atoms with Gasteiger partial charge in [0.25, 0.3) is 0 Å². The van der Waals surface area contributed by atoms with Gasteiger partial charge in [0.05, 0.1) is 7.59 Å². The van der Waals surface area contributed by atoms with Gasteiger partial charge in [0.2, 0.25) is 0 Å². The fraction of sp³-hybridized carbons (Fsp3) is 0.333. The molecule has 1 aromatic carbocycles. The summed E-state index contributed by atoms with van der Waals surface area (Å²) in [5, 5.41) is 0.777. The fourth-order valence-corrected chi connectivity index (χ4v) is 7.22. The van der Waals surface area contributed by atoms with Gasteiger partial charge in [-0.15, -0.1) is 12.0 Å². The summed E-state index contributed by atoms with van der Waals surface area (Å²) >= 11 is 0. The van der Waals surface area contributed by atoms with Gasteiger partial charge in [0.1, 0.15) is 19.2 Å². The van der Waals surface area contributed by atoms with Gasteiger partial charge < -0.3 is 0 Å². The van der Waals surface area contributed by atoms with E-state index in [2.05, 4.69) is 31.7 Å². The van der Waals surface area contributed by atoms with E-state index >= 15 is 0 Å². The minimum Gasteiger partial charge on any atom is -0.207 e. The molecule has 0 aliphatic heterocycles. The molecule has 0 bridgehead atoms. The Morgan fingerprint density at radius 2 is 1.44 bits per heavy atom. The van der Waals surface area contributed by atoms with Crippen LogP contribution in [0.1, 0.15) is 0 Å². The lowest BCUT2D eigenvalue weighted by molar-refractivity contribution is 0.585. The van der Waals surface area contributed by atoms with Gasteiger partial charge >= 0.3 is 0 Å². The molecule has 0 atom stereocenters. The molecule has 0 heterocycles. The average Bonchev–Trinajstić information content (AvgIpc) is 2.16. The molecule has 0 fully saturated rings. The molecule has 0 nitrogen and oxygen atoms in total. The Hall–Kier alpha value is -0.926. The highest BCUT2D eigenvalue weighted by molar-refractivity contribution is 7.48. The average molecular weight is 254 g/mol. The fourth-order valence-electron chi connectivity index (χ4n) is 1.46. The Labute approximate surface area is 97.5 Å². The number of hydrogen-bond acceptors (Lipinski definition) is 0. The molecule has 0 unspecified atom stereocenters. The Morgan fingerprint density at radius 1 is 1.00 bits per heavy atom. The van der Waals surface area contributed by atoms with E-state index in [1.54, 1.807) is 0 Å². The first-order valence-corrected chi connectivity index (χ1v) is 12.1. The van der Waals surface area contributed by atoms with Gasteiger partial charge in [-0.2, -0.15) is 0 Å². The molecule has 0 aliphatic rings. The second kappa shape index (κ2) is 4.15. The largest absolute Gasteiger partial charge is 0.207 e. The molecule has 0 saturated carbocycles. The molecule has 0 aromatic heterocycles. The van der Waals surface area contributed by atoms with E-state index in [0.717, 1.165) is 11.3 Å². The van der Waals surface area contributed by atoms with Crippen LogP contribution < -0.4 is 5.19 Å². The van der Waals surface area contributed by atoms with E-state index < -0.39 is 26.8 Å². The van der Waals surface area contributed by atoms with Crippen LogP contribution in [0.3, 0.4) is 0 Å². The molecular weight excluding hydrogens is 238 g/mol. The van der Waals surface area contributed by atoms with Crippen molar-refractivity contribution in [3.8, 4) is 12.0 Å². The summed E-state index contributed by atoms with van der Waals surface area (Å²) < 4.78 is 26.4. The van der Waals surface area contributed by atoms with E-state index in [0.29, 0.717) is 0 Å². The summed E-state index contributed by atoms with van der Waals surface area (Å²) in [4.78, 5) is 0. The molecule has 1 rings (SSSR count). The Balaban J connectivity index is 3.33. The number of terminal acetylenes is 1. The molecule has 0 amide bonds. The summed E-state index contributed by atoms with van der Waals surface area (Å²) in [5.74, 6) is -1.03. The smallest absolute Gasteiger partial charge is 0.128 e. The first-order chi connectivity index (χ1) is 7.20. The molecule has 0 radical (unpaired) electrons. The Kier molecular flexibility index (Phi) is 3.41. The number of hydrogen-bond donors (Lipinski definition) is 0. The lowest BCUT2D eigenvalue weighted by Crippen LogP contribution is -2.62. The number of halogens is 2. The van der Waals surface area contributed by atoms with Crippen molar-refractivity contribution >= 4 is 20.4 Å². The summed E-state index contributed by atoms with van der Waals surface area (Å²) in [6.07, 6.45) is 5.56. The van der Waals surface area contributed by atoms with Crippen molar-refractivity contribution in [2.45, 2.75) is 26.2 Å². The summed E-state index contributed by atoms with van der Waals surface area (Å²) in [6, 6.07) is 3.77. The van der Waals surface area contributed by atoms with Crippen LogP contribution in [0.15, 0.2) is 18.2 Å². The number of rotatable bonds is 2. The standard InChI is InChI=1S/C12H16F2Si2/c1-6-15(2,3)16(4,5)12-8-10(13)7-11(14)9-12/h1,7-9H,2-5H3. The van der Waals surface area contributed by atoms with E-state index in [9.17, 15) is 8.78 Å². The second-order valence-corrected chi connectivity index (χ2v) is 19.9. The topological polar surface area (TPSA) is 0 Å². The molecule has 1 aromatic rings. The third-order valence-corrected chi connectivity index (χ3v) is 19.8. The van der Waals surface area contributed by atoms with E-state index in [1.165, 1.54) is 12.1 Å². The summed E-state index contributed by atoms with van der Waals surface area (Å²) in [5.41, 5.74) is 2.87. The molecule has 16 heavy (non-hydrogen) atoms. The quantitative estimate of drug-likeness (QED) is 0.562. The molecule has 0 aliphatic carbocycles. The monoisotopic (exact) mass is 254 g/mol. The predicted octanol–water partition coefficient (Wildman–Crippen LogP) is 2.84. The Morgan fingerprint density at radius 3 is 1.81 bits per heavy atom. The summed E-state index contributed by atoms with van der Waals surface area (Å²) in [6.45, 7) is 8.35. The van der Waals surface area contributed by atoms with Crippen LogP contribution in [-0.2, 0) is 0 Å². The van der Waals surface area contributed by atoms with Crippen LogP contribution in [0.25, 0.3) is 0 Å². The van der Waals surface area contributed by atoms with Crippen molar-refractivity contribution < 1.29 is 8.78 Å². The molecule has 4 heteroatoms. The molecular formula is C12H16F2Si2. The van der Waals surface area contributed by atoms with Crippen molar-refractivity contribution in [2.24, 2.45) is 0 Å². The van der Waals surface area contributed by atoms with Crippen molar-refractivity contribution in [2.75, 3.05) is 0 Å². The third kappa shape index (κ3) is 2.25. The van der Waals surface area contributed by atoms with Gasteiger partial charge in [-0.1, -0.05) is 31.4 Å². The lowest BCUT2D eigenvalue weighted by atomic mass is 10.3. The molecule has 86 valence electrons. The third-order valence-electron chi connectivity index (χ3n) is 3.51. The maximum absolute atomic E-state index is 13.2. The Bertz CT molecular complexity index is 425. The first kappa shape index (κ1) is 13.1. The maximum Gasteiger partial charge on any atom is 0.128 e. The van der Waals surface area contributed by atoms with Crippen LogP contribution in [0.4, 0.5) is 8.78 Å². The molecule has 0 N–H and O–H groups in total. The van der Waals surface area contributed by atoms with Gasteiger partial charge in [-0.25, -0.2) is 8.78 Å². The SMILES string of the molecule is C#C[Si](C)(C)[Si](C)(C)c1cc(F)cc(F)c1. The normalized spacial score (nSPS) is 12.3.